The summed E-state index contributed by atoms with van der Waals surface area (Å²) in [7, 11) is 1.98. The lowest BCUT2D eigenvalue weighted by Crippen LogP contribution is -2.72. The van der Waals surface area contributed by atoms with Gasteiger partial charge in [-0.05, 0) is 34.5 Å². The summed E-state index contributed by atoms with van der Waals surface area (Å²) in [6, 6.07) is 13.9. The highest BCUT2D eigenvalue weighted by Crippen LogP contribution is 2.39. The summed E-state index contributed by atoms with van der Waals surface area (Å²) in [5.74, 6) is 0.732. The molecule has 1 atom stereocenters. The van der Waals surface area contributed by atoms with Crippen molar-refractivity contribution in [3.63, 3.8) is 0 Å². The fourth-order valence-corrected chi connectivity index (χ4v) is 3.15. The number of hydrogen-bond donors (Lipinski definition) is 1. The van der Waals surface area contributed by atoms with Gasteiger partial charge in [0, 0.05) is 6.07 Å². The monoisotopic (exact) mass is 361 g/mol. The van der Waals surface area contributed by atoms with Gasteiger partial charge in [0.25, 0.3) is 5.91 Å². The summed E-state index contributed by atoms with van der Waals surface area (Å²) >= 11 is 3.56. The second-order valence-electron chi connectivity index (χ2n) is 5.30. The van der Waals surface area contributed by atoms with Crippen molar-refractivity contribution in [3.05, 3.63) is 52.5 Å². The quantitative estimate of drug-likeness (QED) is 0.854. The molecule has 22 heavy (non-hydrogen) atoms. The predicted molar refractivity (Wildman–Crippen MR) is 89.4 cm³/mol. The number of halogens is 1. The van der Waals surface area contributed by atoms with Gasteiger partial charge in [-0.15, -0.1) is 0 Å². The van der Waals surface area contributed by atoms with E-state index in [0.29, 0.717) is 6.54 Å². The number of anilines is 1. The normalized spacial score (nSPS) is 17.1. The van der Waals surface area contributed by atoms with Gasteiger partial charge < -0.3 is 15.0 Å². The van der Waals surface area contributed by atoms with Crippen LogP contribution in [0.5, 0.6) is 5.75 Å². The molecule has 4 nitrogen and oxygen atoms in total. The molecule has 0 saturated heterocycles. The van der Waals surface area contributed by atoms with Crippen LogP contribution in [0.15, 0.2) is 46.9 Å². The second kappa shape index (κ2) is 6.10. The van der Waals surface area contributed by atoms with Crippen molar-refractivity contribution in [2.75, 3.05) is 11.9 Å². The third-order valence-electron chi connectivity index (χ3n) is 3.78. The summed E-state index contributed by atoms with van der Waals surface area (Å²) < 4.78 is 6.73. The molecule has 0 fully saturated rings. The van der Waals surface area contributed by atoms with E-state index in [1.165, 1.54) is 0 Å². The number of benzene rings is 2. The molecule has 1 aliphatic rings. The molecule has 114 valence electrons. The molecule has 0 spiro atoms. The standard InChI is InChI=1S/C17H17BrN2O2/c1-11-17(21)20(10-12-6-4-3-5-7-12)15-8-13(18)14(19-2)9-16(15)22-11/h3-9,11,19H,10H2,1-2H3/p+1. The number of quaternary nitrogens is 1. The van der Waals surface area contributed by atoms with Crippen LogP contribution in [0.1, 0.15) is 12.5 Å². The summed E-state index contributed by atoms with van der Waals surface area (Å²) in [4.78, 5) is 14.3. The number of ether oxygens (including phenoxy) is 1. The van der Waals surface area contributed by atoms with E-state index in [2.05, 4.69) is 15.9 Å². The first-order valence-corrected chi connectivity index (χ1v) is 8.04. The molecule has 0 bridgehead atoms. The van der Waals surface area contributed by atoms with Gasteiger partial charge in [-0.25, -0.2) is 0 Å². The fourth-order valence-electron chi connectivity index (χ4n) is 2.59. The second-order valence-corrected chi connectivity index (χ2v) is 6.15. The number of hydrogen-bond acceptors (Lipinski definition) is 2. The van der Waals surface area contributed by atoms with E-state index in [1.807, 2.05) is 54.8 Å². The number of nitrogens with two attached hydrogens (primary N) is 1. The minimum absolute atomic E-state index is 0.0171. The lowest BCUT2D eigenvalue weighted by Gasteiger charge is -2.33. The average Bonchev–Trinajstić information content (AvgIpc) is 2.53. The summed E-state index contributed by atoms with van der Waals surface area (Å²) in [6.07, 6.45) is -0.470. The Kier molecular flexibility index (Phi) is 4.18. The van der Waals surface area contributed by atoms with E-state index in [9.17, 15) is 4.79 Å². The Bertz CT molecular complexity index is 703. The lowest BCUT2D eigenvalue weighted by atomic mass is 10.1. The zero-order valence-electron chi connectivity index (χ0n) is 12.5. The zero-order chi connectivity index (χ0) is 15.7. The van der Waals surface area contributed by atoms with Crippen molar-refractivity contribution in [1.29, 1.82) is 0 Å². The van der Waals surface area contributed by atoms with Crippen LogP contribution in [-0.2, 0) is 11.3 Å². The van der Waals surface area contributed by atoms with Crippen molar-refractivity contribution in [1.82, 2.24) is 0 Å². The van der Waals surface area contributed by atoms with Crippen molar-refractivity contribution in [2.24, 2.45) is 0 Å². The first-order valence-electron chi connectivity index (χ1n) is 7.25. The molecule has 1 heterocycles. The molecule has 1 amide bonds. The molecule has 3 rings (SSSR count). The van der Waals surface area contributed by atoms with Gasteiger partial charge in [-0.1, -0.05) is 30.3 Å². The summed E-state index contributed by atoms with van der Waals surface area (Å²) in [5, 5.41) is 2.01. The van der Waals surface area contributed by atoms with Crippen LogP contribution in [0, 0.1) is 0 Å². The first kappa shape index (κ1) is 15.1. The SMILES string of the molecule is C[NH2+]c1cc2c(cc1Br)N(Cc1ccccc1)C(=O)C(C)O2. The smallest absolute Gasteiger partial charge is 0.268 e. The van der Waals surface area contributed by atoms with Crippen LogP contribution in [0.3, 0.4) is 0 Å². The van der Waals surface area contributed by atoms with Crippen molar-refractivity contribution in [2.45, 2.75) is 19.6 Å². The molecule has 0 aromatic heterocycles. The van der Waals surface area contributed by atoms with Crippen molar-refractivity contribution >= 4 is 33.2 Å². The van der Waals surface area contributed by atoms with Crippen molar-refractivity contribution < 1.29 is 14.8 Å². The average molecular weight is 362 g/mol. The first-order chi connectivity index (χ1) is 10.6. The number of rotatable bonds is 3. The molecular formula is C17H18BrN2O2+. The van der Waals surface area contributed by atoms with E-state index < -0.39 is 6.10 Å². The number of carbonyl (C=O) groups is 1. The van der Waals surface area contributed by atoms with E-state index >= 15 is 0 Å². The molecule has 0 saturated carbocycles. The molecule has 5 heteroatoms. The maximum absolute atomic E-state index is 12.5. The van der Waals surface area contributed by atoms with E-state index in [4.69, 9.17) is 4.74 Å². The molecule has 1 unspecified atom stereocenters. The van der Waals surface area contributed by atoms with Gasteiger partial charge in [-0.2, -0.15) is 0 Å². The highest BCUT2D eigenvalue weighted by atomic mass is 79.9. The minimum atomic E-state index is -0.470. The van der Waals surface area contributed by atoms with Crippen LogP contribution in [0.4, 0.5) is 11.4 Å². The third kappa shape index (κ3) is 2.74. The van der Waals surface area contributed by atoms with Gasteiger partial charge in [0.15, 0.2) is 6.10 Å². The van der Waals surface area contributed by atoms with Crippen LogP contribution in [-0.4, -0.2) is 19.1 Å². The van der Waals surface area contributed by atoms with E-state index in [-0.39, 0.29) is 5.91 Å². The molecule has 2 aromatic carbocycles. The van der Waals surface area contributed by atoms with Gasteiger partial charge >= 0.3 is 0 Å². The molecular weight excluding hydrogens is 344 g/mol. The van der Waals surface area contributed by atoms with Gasteiger partial charge in [0.05, 0.1) is 23.8 Å². The molecule has 2 N–H and O–H groups in total. The Labute approximate surface area is 138 Å². The third-order valence-corrected chi connectivity index (χ3v) is 4.47. The highest BCUT2D eigenvalue weighted by Gasteiger charge is 2.32. The molecule has 0 aliphatic carbocycles. The van der Waals surface area contributed by atoms with E-state index in [1.54, 1.807) is 11.8 Å². The van der Waals surface area contributed by atoms with Gasteiger partial charge in [-0.3, -0.25) is 4.79 Å². The number of carbonyl (C=O) groups excluding carboxylic acids is 1. The summed E-state index contributed by atoms with van der Waals surface area (Å²) in [6.45, 7) is 2.34. The van der Waals surface area contributed by atoms with E-state index in [0.717, 1.165) is 27.2 Å². The Hall–Kier alpha value is -1.85. The van der Waals surface area contributed by atoms with Gasteiger partial charge in [0.1, 0.15) is 11.4 Å². The number of nitrogens with zero attached hydrogens (tertiary/aromatic N) is 1. The minimum Gasteiger partial charge on any atom is -0.478 e. The van der Waals surface area contributed by atoms with Crippen LogP contribution in [0.25, 0.3) is 0 Å². The molecule has 1 aliphatic heterocycles. The maximum Gasteiger partial charge on any atom is 0.268 e. The van der Waals surface area contributed by atoms with Crippen LogP contribution >= 0.6 is 15.9 Å². The topological polar surface area (TPSA) is 46.2 Å². The summed E-state index contributed by atoms with van der Waals surface area (Å²) in [5.41, 5.74) is 2.96. The van der Waals surface area contributed by atoms with Gasteiger partial charge in [0.2, 0.25) is 0 Å². The Morgan fingerprint density at radius 1 is 1.27 bits per heavy atom. The fraction of sp³-hybridized carbons (Fsp3) is 0.235. The number of fused-ring (bicyclic) bond motifs is 1. The predicted octanol–water partition coefficient (Wildman–Crippen LogP) is 2.59. The Morgan fingerprint density at radius 3 is 2.68 bits per heavy atom. The zero-order valence-corrected chi connectivity index (χ0v) is 14.1. The Balaban J connectivity index is 2.03. The number of amides is 1. The molecule has 0 radical (unpaired) electrons. The molecule has 2 aromatic rings. The largest absolute Gasteiger partial charge is 0.478 e. The highest BCUT2D eigenvalue weighted by molar-refractivity contribution is 9.10. The van der Waals surface area contributed by atoms with Crippen molar-refractivity contribution in [3.8, 4) is 5.75 Å². The lowest BCUT2D eigenvalue weighted by molar-refractivity contribution is -0.540. The Morgan fingerprint density at radius 2 is 2.00 bits per heavy atom. The van der Waals surface area contributed by atoms with Crippen LogP contribution in [0.2, 0.25) is 0 Å². The maximum atomic E-state index is 12.5. The van der Waals surface area contributed by atoms with Crippen LogP contribution < -0.4 is 15.0 Å².